The third-order valence-corrected chi connectivity index (χ3v) is 4.63. The molecule has 1 heterocycles. The number of benzene rings is 1. The molecule has 29 heavy (non-hydrogen) atoms. The van der Waals surface area contributed by atoms with E-state index in [2.05, 4.69) is 27.8 Å². The number of guanidine groups is 1. The van der Waals surface area contributed by atoms with Crippen LogP contribution in [0, 0.1) is 13.8 Å². The number of rotatable bonds is 11. The van der Waals surface area contributed by atoms with E-state index in [4.69, 9.17) is 9.15 Å². The first-order chi connectivity index (χ1) is 13.9. The lowest BCUT2D eigenvalue weighted by atomic mass is 9.96. The van der Waals surface area contributed by atoms with E-state index < -0.39 is 5.60 Å². The standard InChI is InChI=1S/C23H35N3O3/c1-5-24-22(26-17-23(4,27)21-15-18(2)29-19(21)3)25-13-9-10-14-28-16-20-11-7-6-8-12-20/h6-8,11-12,15,27H,5,9-10,13-14,16-17H2,1-4H3,(H2,24,25,26). The summed E-state index contributed by atoms with van der Waals surface area (Å²) in [6, 6.07) is 12.1. The van der Waals surface area contributed by atoms with Crippen LogP contribution in [-0.4, -0.2) is 37.3 Å². The second-order valence-corrected chi connectivity index (χ2v) is 7.47. The zero-order chi connectivity index (χ0) is 21.1. The van der Waals surface area contributed by atoms with Gasteiger partial charge in [-0.05, 0) is 52.2 Å². The number of hydrogen-bond donors (Lipinski definition) is 3. The summed E-state index contributed by atoms with van der Waals surface area (Å²) in [5, 5.41) is 17.4. The highest BCUT2D eigenvalue weighted by Crippen LogP contribution is 2.27. The van der Waals surface area contributed by atoms with Crippen LogP contribution in [0.1, 0.15) is 49.3 Å². The van der Waals surface area contributed by atoms with Crippen molar-refractivity contribution in [3.05, 3.63) is 59.0 Å². The smallest absolute Gasteiger partial charge is 0.191 e. The van der Waals surface area contributed by atoms with E-state index in [-0.39, 0.29) is 6.54 Å². The molecule has 1 aromatic carbocycles. The number of ether oxygens (including phenoxy) is 1. The SMILES string of the molecule is CCNC(=NCC(C)(O)c1cc(C)oc1C)NCCCCOCc1ccccc1. The van der Waals surface area contributed by atoms with Gasteiger partial charge in [0.15, 0.2) is 5.96 Å². The van der Waals surface area contributed by atoms with Crippen molar-refractivity contribution >= 4 is 5.96 Å². The fourth-order valence-electron chi connectivity index (χ4n) is 3.13. The number of nitrogens with one attached hydrogen (secondary N) is 2. The average Bonchev–Trinajstić information content (AvgIpc) is 3.05. The quantitative estimate of drug-likeness (QED) is 0.304. The summed E-state index contributed by atoms with van der Waals surface area (Å²) < 4.78 is 11.3. The number of aliphatic hydroxyl groups is 1. The molecule has 6 heteroatoms. The number of aryl methyl sites for hydroxylation is 2. The van der Waals surface area contributed by atoms with E-state index in [0.29, 0.717) is 12.6 Å². The van der Waals surface area contributed by atoms with Crippen LogP contribution in [0.25, 0.3) is 0 Å². The number of aliphatic imine (C=N–C) groups is 1. The third kappa shape index (κ3) is 7.91. The van der Waals surface area contributed by atoms with Gasteiger partial charge >= 0.3 is 0 Å². The predicted molar refractivity (Wildman–Crippen MR) is 117 cm³/mol. The van der Waals surface area contributed by atoms with Gasteiger partial charge in [-0.15, -0.1) is 0 Å². The molecular formula is C23H35N3O3. The highest BCUT2D eigenvalue weighted by atomic mass is 16.5. The van der Waals surface area contributed by atoms with Crippen molar-refractivity contribution in [3.8, 4) is 0 Å². The lowest BCUT2D eigenvalue weighted by molar-refractivity contribution is 0.0657. The van der Waals surface area contributed by atoms with Crippen molar-refractivity contribution in [2.75, 3.05) is 26.2 Å². The molecule has 0 bridgehead atoms. The molecule has 1 unspecified atom stereocenters. The first-order valence-electron chi connectivity index (χ1n) is 10.4. The zero-order valence-electron chi connectivity index (χ0n) is 18.1. The Bertz CT molecular complexity index is 754. The lowest BCUT2D eigenvalue weighted by Gasteiger charge is -2.21. The van der Waals surface area contributed by atoms with E-state index in [0.717, 1.165) is 49.6 Å². The van der Waals surface area contributed by atoms with E-state index in [1.165, 1.54) is 5.56 Å². The summed E-state index contributed by atoms with van der Waals surface area (Å²) in [6.45, 7) is 10.7. The summed E-state index contributed by atoms with van der Waals surface area (Å²) >= 11 is 0. The van der Waals surface area contributed by atoms with Crippen LogP contribution in [0.2, 0.25) is 0 Å². The summed E-state index contributed by atoms with van der Waals surface area (Å²) in [5.41, 5.74) is 0.905. The first kappa shape index (κ1) is 23.0. The Labute approximate surface area is 174 Å². The molecule has 0 spiro atoms. The van der Waals surface area contributed by atoms with E-state index in [1.54, 1.807) is 6.92 Å². The molecule has 0 aliphatic carbocycles. The van der Waals surface area contributed by atoms with Gasteiger partial charge in [0.1, 0.15) is 17.1 Å². The normalized spacial score (nSPS) is 13.9. The number of unbranched alkanes of at least 4 members (excludes halogenated alkanes) is 1. The molecule has 2 aromatic rings. The van der Waals surface area contributed by atoms with Gasteiger partial charge in [0, 0.05) is 25.3 Å². The van der Waals surface area contributed by atoms with E-state index in [9.17, 15) is 5.11 Å². The molecule has 0 radical (unpaired) electrons. The fraction of sp³-hybridized carbons (Fsp3) is 0.522. The number of furan rings is 1. The Kier molecular flexibility index (Phi) is 9.22. The largest absolute Gasteiger partial charge is 0.466 e. The molecule has 0 fully saturated rings. The van der Waals surface area contributed by atoms with Gasteiger partial charge in [0.25, 0.3) is 0 Å². The van der Waals surface area contributed by atoms with Crippen molar-refractivity contribution in [1.82, 2.24) is 10.6 Å². The maximum absolute atomic E-state index is 10.8. The average molecular weight is 402 g/mol. The van der Waals surface area contributed by atoms with Crippen LogP contribution in [0.5, 0.6) is 0 Å². The lowest BCUT2D eigenvalue weighted by Crippen LogP contribution is -2.39. The maximum Gasteiger partial charge on any atom is 0.191 e. The molecule has 1 aromatic heterocycles. The molecule has 0 saturated carbocycles. The van der Waals surface area contributed by atoms with Crippen molar-refractivity contribution in [1.29, 1.82) is 0 Å². The van der Waals surface area contributed by atoms with E-state index in [1.807, 2.05) is 45.0 Å². The van der Waals surface area contributed by atoms with Gasteiger partial charge in [-0.1, -0.05) is 30.3 Å². The Morgan fingerprint density at radius 1 is 1.17 bits per heavy atom. The second-order valence-electron chi connectivity index (χ2n) is 7.47. The van der Waals surface area contributed by atoms with Gasteiger partial charge in [-0.25, -0.2) is 4.99 Å². The summed E-state index contributed by atoms with van der Waals surface area (Å²) in [6.07, 6.45) is 1.96. The summed E-state index contributed by atoms with van der Waals surface area (Å²) in [4.78, 5) is 4.56. The Morgan fingerprint density at radius 3 is 2.59 bits per heavy atom. The monoisotopic (exact) mass is 401 g/mol. The molecule has 3 N–H and O–H groups in total. The van der Waals surface area contributed by atoms with Crippen LogP contribution in [0.15, 0.2) is 45.8 Å². The molecule has 0 aliphatic heterocycles. The van der Waals surface area contributed by atoms with Gasteiger partial charge in [0.2, 0.25) is 0 Å². The Morgan fingerprint density at radius 2 is 1.93 bits per heavy atom. The number of hydrogen-bond acceptors (Lipinski definition) is 4. The molecule has 0 amide bonds. The Hall–Kier alpha value is -2.31. The molecule has 0 aliphatic rings. The van der Waals surface area contributed by atoms with Gasteiger partial charge in [-0.2, -0.15) is 0 Å². The van der Waals surface area contributed by atoms with Crippen molar-refractivity contribution in [3.63, 3.8) is 0 Å². The molecule has 6 nitrogen and oxygen atoms in total. The van der Waals surface area contributed by atoms with Gasteiger partial charge < -0.3 is 24.9 Å². The zero-order valence-corrected chi connectivity index (χ0v) is 18.1. The van der Waals surface area contributed by atoms with Gasteiger partial charge in [-0.3, -0.25) is 0 Å². The highest BCUT2D eigenvalue weighted by molar-refractivity contribution is 5.79. The van der Waals surface area contributed by atoms with Crippen LogP contribution >= 0.6 is 0 Å². The third-order valence-electron chi connectivity index (χ3n) is 4.63. The van der Waals surface area contributed by atoms with Crippen molar-refractivity contribution in [2.24, 2.45) is 4.99 Å². The van der Waals surface area contributed by atoms with Crippen LogP contribution in [0.3, 0.4) is 0 Å². The van der Waals surface area contributed by atoms with E-state index >= 15 is 0 Å². The second kappa shape index (κ2) is 11.6. The molecule has 1 atom stereocenters. The van der Waals surface area contributed by atoms with Gasteiger partial charge in [0.05, 0.1) is 13.2 Å². The topological polar surface area (TPSA) is 79.0 Å². The fourth-order valence-corrected chi connectivity index (χ4v) is 3.13. The van der Waals surface area contributed by atoms with Crippen LogP contribution < -0.4 is 10.6 Å². The van der Waals surface area contributed by atoms with Crippen molar-refractivity contribution < 1.29 is 14.3 Å². The molecule has 0 saturated heterocycles. The number of nitrogens with zero attached hydrogens (tertiary/aromatic N) is 1. The minimum absolute atomic E-state index is 0.252. The summed E-state index contributed by atoms with van der Waals surface area (Å²) in [7, 11) is 0. The minimum atomic E-state index is -1.07. The van der Waals surface area contributed by atoms with Crippen LogP contribution in [0.4, 0.5) is 0 Å². The molecular weight excluding hydrogens is 366 g/mol. The summed E-state index contributed by atoms with van der Waals surface area (Å²) in [5.74, 6) is 2.23. The highest BCUT2D eigenvalue weighted by Gasteiger charge is 2.27. The molecule has 2 rings (SSSR count). The first-order valence-corrected chi connectivity index (χ1v) is 10.4. The Balaban J connectivity index is 1.72. The van der Waals surface area contributed by atoms with Crippen LogP contribution in [-0.2, 0) is 16.9 Å². The minimum Gasteiger partial charge on any atom is -0.466 e. The molecule has 160 valence electrons. The predicted octanol–water partition coefficient (Wildman–Crippen LogP) is 3.66. The van der Waals surface area contributed by atoms with Crippen molar-refractivity contribution in [2.45, 2.75) is 52.7 Å². The maximum atomic E-state index is 10.8.